The third-order valence-corrected chi connectivity index (χ3v) is 8.22. The first kappa shape index (κ1) is 39.1. The number of fused-ring (bicyclic) bond motifs is 1. The minimum Gasteiger partial charge on any atom is -0.462 e. The van der Waals surface area contributed by atoms with Gasteiger partial charge in [0.05, 0.1) is 11.8 Å². The van der Waals surface area contributed by atoms with E-state index in [1.807, 2.05) is 0 Å². The van der Waals surface area contributed by atoms with Crippen LogP contribution in [-0.4, -0.2) is 69.5 Å². The van der Waals surface area contributed by atoms with E-state index in [4.69, 9.17) is 9.84 Å². The number of hydrogen-bond acceptors (Lipinski definition) is 6. The van der Waals surface area contributed by atoms with Crippen molar-refractivity contribution in [3.63, 3.8) is 0 Å². The summed E-state index contributed by atoms with van der Waals surface area (Å²) in [7, 11) is 0. The summed E-state index contributed by atoms with van der Waals surface area (Å²) < 4.78 is 153. The van der Waals surface area contributed by atoms with E-state index in [0.29, 0.717) is 19.3 Å². The minimum absolute atomic E-state index is 0.0712. The average molecular weight is 655 g/mol. The van der Waals surface area contributed by atoms with Crippen LogP contribution in [0.5, 0.6) is 0 Å². The Morgan fingerprint density at radius 2 is 1.33 bits per heavy atom. The summed E-state index contributed by atoms with van der Waals surface area (Å²) in [6.45, 7) is 7.02. The van der Waals surface area contributed by atoms with E-state index >= 15 is 0 Å². The van der Waals surface area contributed by atoms with Gasteiger partial charge in [-0.05, 0) is 45.4 Å². The van der Waals surface area contributed by atoms with Crippen molar-refractivity contribution < 1.29 is 77.6 Å². The molecule has 2 fully saturated rings. The van der Waals surface area contributed by atoms with Gasteiger partial charge in [0.25, 0.3) is 5.60 Å². The molecule has 2 rings (SSSR count). The van der Waals surface area contributed by atoms with Gasteiger partial charge >= 0.3 is 36.4 Å². The first-order valence-corrected chi connectivity index (χ1v) is 13.6. The van der Waals surface area contributed by atoms with Gasteiger partial charge in [-0.2, -0.15) is 48.3 Å². The maximum Gasteiger partial charge on any atom is 0.426 e. The molecule has 2 aliphatic rings. The molecule has 6 atom stereocenters. The molecule has 2 N–H and O–H groups in total. The molecule has 17 heteroatoms. The Bertz CT molecular complexity index is 951. The fourth-order valence-electron chi connectivity index (χ4n) is 5.00. The Labute approximate surface area is 241 Å². The number of carbonyl (C=O) groups excluding carboxylic acids is 2. The van der Waals surface area contributed by atoms with Crippen LogP contribution in [0.3, 0.4) is 0 Å². The number of hydrogen-bond donors (Lipinski definition) is 2. The molecular weight excluding hydrogens is 617 g/mol. The number of carbonyl (C=O) groups is 2. The zero-order valence-electron chi connectivity index (χ0n) is 24.2. The first-order chi connectivity index (χ1) is 19.2. The standard InChI is InChI=1S/C15H21F5O3.C11H16F6O3/c1-3-9(2)11(21)23-12-7-5-4-6-10(12)8-13(22,14(12,16)17)15(18,19)20;1-4-6(2)8(18)20-7(3)5-9(19,10(12,13)14)11(15,16)17/h9-10,22H,3-8H2,1-2H3;6-7,19H,4-5H2,1-3H3. The minimum atomic E-state index is -5.91. The summed E-state index contributed by atoms with van der Waals surface area (Å²) in [6, 6.07) is 0. The van der Waals surface area contributed by atoms with Crippen molar-refractivity contribution >= 4 is 11.9 Å². The summed E-state index contributed by atoms with van der Waals surface area (Å²) in [5, 5.41) is 18.7. The van der Waals surface area contributed by atoms with E-state index in [-0.39, 0.29) is 19.3 Å². The van der Waals surface area contributed by atoms with Crippen molar-refractivity contribution in [1.82, 2.24) is 0 Å². The van der Waals surface area contributed by atoms with Crippen molar-refractivity contribution in [2.75, 3.05) is 0 Å². The van der Waals surface area contributed by atoms with Gasteiger partial charge in [-0.25, -0.2) is 0 Å². The lowest BCUT2D eigenvalue weighted by molar-refractivity contribution is -0.373. The molecule has 0 heterocycles. The van der Waals surface area contributed by atoms with Gasteiger partial charge in [0, 0.05) is 12.3 Å². The van der Waals surface area contributed by atoms with Crippen molar-refractivity contribution in [2.45, 2.75) is 133 Å². The molecule has 0 saturated heterocycles. The molecule has 0 aromatic heterocycles. The number of esters is 2. The molecule has 0 bridgehead atoms. The number of aliphatic hydroxyl groups is 2. The van der Waals surface area contributed by atoms with Gasteiger partial charge in [-0.15, -0.1) is 0 Å². The lowest BCUT2D eigenvalue weighted by atomic mass is 9.76. The van der Waals surface area contributed by atoms with Crippen LogP contribution in [0, 0.1) is 17.8 Å². The monoisotopic (exact) mass is 654 g/mol. The van der Waals surface area contributed by atoms with Crippen LogP contribution in [0.2, 0.25) is 0 Å². The normalized spacial score (nSPS) is 28.1. The van der Waals surface area contributed by atoms with E-state index in [0.717, 1.165) is 6.92 Å². The average Bonchev–Trinajstić information content (AvgIpc) is 3.04. The fourth-order valence-corrected chi connectivity index (χ4v) is 5.00. The highest BCUT2D eigenvalue weighted by molar-refractivity contribution is 5.73. The molecule has 0 spiro atoms. The molecule has 254 valence electrons. The summed E-state index contributed by atoms with van der Waals surface area (Å²) in [5.41, 5.74) is -11.6. The molecule has 6 unspecified atom stereocenters. The molecule has 2 saturated carbocycles. The van der Waals surface area contributed by atoms with Crippen molar-refractivity contribution in [2.24, 2.45) is 17.8 Å². The molecule has 0 aliphatic heterocycles. The number of alkyl halides is 11. The smallest absolute Gasteiger partial charge is 0.426 e. The van der Waals surface area contributed by atoms with Crippen LogP contribution in [0.1, 0.15) is 86.0 Å². The lowest BCUT2D eigenvalue weighted by Gasteiger charge is -2.44. The molecule has 2 aliphatic carbocycles. The largest absolute Gasteiger partial charge is 0.462 e. The molecule has 0 amide bonds. The second-order valence-corrected chi connectivity index (χ2v) is 11.3. The van der Waals surface area contributed by atoms with Crippen LogP contribution in [0.4, 0.5) is 48.3 Å². The van der Waals surface area contributed by atoms with Crippen LogP contribution < -0.4 is 0 Å². The summed E-state index contributed by atoms with van der Waals surface area (Å²) in [4.78, 5) is 23.3. The van der Waals surface area contributed by atoms with Crippen LogP contribution in [0.25, 0.3) is 0 Å². The summed E-state index contributed by atoms with van der Waals surface area (Å²) >= 11 is 0. The maximum atomic E-state index is 14.8. The quantitative estimate of drug-likeness (QED) is 0.215. The number of rotatable bonds is 8. The zero-order chi connectivity index (χ0) is 34.0. The predicted molar refractivity (Wildman–Crippen MR) is 127 cm³/mol. The zero-order valence-corrected chi connectivity index (χ0v) is 24.2. The third-order valence-electron chi connectivity index (χ3n) is 8.22. The Kier molecular flexibility index (Phi) is 12.0. The molecule has 0 aromatic rings. The maximum absolute atomic E-state index is 14.8. The van der Waals surface area contributed by atoms with E-state index in [1.54, 1.807) is 13.8 Å². The fraction of sp³-hybridized carbons (Fsp3) is 0.923. The third kappa shape index (κ3) is 7.50. The molecular formula is C26H37F11O6. The number of ether oxygens (including phenoxy) is 2. The lowest BCUT2D eigenvalue weighted by Crippen LogP contribution is -2.64. The molecule has 43 heavy (non-hydrogen) atoms. The Hall–Kier alpha value is -1.91. The van der Waals surface area contributed by atoms with Gasteiger partial charge < -0.3 is 19.7 Å². The summed E-state index contributed by atoms with van der Waals surface area (Å²) in [5.74, 6) is -8.97. The second kappa shape index (κ2) is 13.2. The van der Waals surface area contributed by atoms with E-state index in [1.165, 1.54) is 13.8 Å². The topological polar surface area (TPSA) is 93.1 Å². The SMILES string of the molecule is CCC(C)C(=O)OC(C)CC(O)(C(F)(F)F)C(F)(F)F.CCC(C)C(=O)OC12CCCCC1CC(O)(C(F)(F)F)C2(F)F. The van der Waals surface area contributed by atoms with Gasteiger partial charge in [-0.1, -0.05) is 34.1 Å². The summed E-state index contributed by atoms with van der Waals surface area (Å²) in [6.07, 6.45) is -20.9. The van der Waals surface area contributed by atoms with Gasteiger partial charge in [0.1, 0.15) is 6.10 Å². The van der Waals surface area contributed by atoms with Gasteiger partial charge in [0.2, 0.25) is 5.60 Å². The Morgan fingerprint density at radius 1 is 0.860 bits per heavy atom. The molecule has 0 radical (unpaired) electrons. The Morgan fingerprint density at radius 3 is 1.74 bits per heavy atom. The van der Waals surface area contributed by atoms with Gasteiger partial charge in [0.15, 0.2) is 5.60 Å². The molecule has 6 nitrogen and oxygen atoms in total. The van der Waals surface area contributed by atoms with Crippen LogP contribution >= 0.6 is 0 Å². The van der Waals surface area contributed by atoms with Crippen molar-refractivity contribution in [1.29, 1.82) is 0 Å². The van der Waals surface area contributed by atoms with E-state index in [9.17, 15) is 63.0 Å². The van der Waals surface area contributed by atoms with Crippen LogP contribution in [-0.2, 0) is 19.1 Å². The molecule has 0 aromatic carbocycles. The predicted octanol–water partition coefficient (Wildman–Crippen LogP) is 7.05. The second-order valence-electron chi connectivity index (χ2n) is 11.3. The first-order valence-electron chi connectivity index (χ1n) is 13.6. The van der Waals surface area contributed by atoms with E-state index < -0.39 is 89.9 Å². The highest BCUT2D eigenvalue weighted by atomic mass is 19.4. The van der Waals surface area contributed by atoms with Crippen LogP contribution in [0.15, 0.2) is 0 Å². The highest BCUT2D eigenvalue weighted by Gasteiger charge is 2.84. The Balaban J connectivity index is 0.000000436. The van der Waals surface area contributed by atoms with Gasteiger partial charge in [-0.3, -0.25) is 9.59 Å². The van der Waals surface area contributed by atoms with Crippen molar-refractivity contribution in [3.05, 3.63) is 0 Å². The van der Waals surface area contributed by atoms with Crippen molar-refractivity contribution in [3.8, 4) is 0 Å². The highest BCUT2D eigenvalue weighted by Crippen LogP contribution is 2.64. The van der Waals surface area contributed by atoms with E-state index in [2.05, 4.69) is 4.74 Å². The number of halogens is 11.